The molecular formula is C3H4ClNO2SSn. The molecule has 2 rings (SSSR count). The van der Waals surface area contributed by atoms with Crippen LogP contribution in [-0.2, 0) is 7.87 Å². The summed E-state index contributed by atoms with van der Waals surface area (Å²) in [6, 6.07) is -0.0803. The molecule has 0 saturated carbocycles. The van der Waals surface area contributed by atoms with Crippen molar-refractivity contribution in [3.63, 3.8) is 0 Å². The number of hydrogen-bond donors (Lipinski definition) is 1. The Morgan fingerprint density at radius 1 is 2.00 bits per heavy atom. The summed E-state index contributed by atoms with van der Waals surface area (Å²) < 4.78 is 7.96. The third kappa shape index (κ3) is 0.961. The molecule has 2 fully saturated rings. The molecule has 3 nitrogen and oxygen atoms in total. The Kier molecular flexibility index (Phi) is 1.41. The summed E-state index contributed by atoms with van der Waals surface area (Å²) in [4.78, 5) is 10.7. The number of fused-ring (bicyclic) bond motifs is 2. The second-order valence-electron chi connectivity index (χ2n) is 1.97. The number of halogens is 1. The van der Waals surface area contributed by atoms with Crippen molar-refractivity contribution in [1.82, 2.24) is 3.54 Å². The number of carbonyl (C=O) groups excluding carboxylic acids is 1. The summed E-state index contributed by atoms with van der Waals surface area (Å²) in [5.74, 6) is 0.679. The fraction of sp³-hybridized carbons (Fsp3) is 0.667. The molecular weight excluding hydrogens is 268 g/mol. The van der Waals surface area contributed by atoms with Crippen LogP contribution in [0.1, 0.15) is 0 Å². The molecule has 0 amide bonds. The van der Waals surface area contributed by atoms with Gasteiger partial charge in [0.15, 0.2) is 0 Å². The second-order valence-corrected chi connectivity index (χ2v) is 18.5. The number of hydrogen-bond acceptors (Lipinski definition) is 4. The summed E-state index contributed by atoms with van der Waals surface area (Å²) in [5.41, 5.74) is 0. The van der Waals surface area contributed by atoms with Gasteiger partial charge >= 0.3 is 63.6 Å². The first-order valence-electron chi connectivity index (χ1n) is 2.53. The summed E-state index contributed by atoms with van der Waals surface area (Å²) in [7, 11) is 7.53. The van der Waals surface area contributed by atoms with Gasteiger partial charge < -0.3 is 0 Å². The molecule has 0 aromatic heterocycles. The molecule has 9 heavy (non-hydrogen) atoms. The Bertz CT molecular complexity index is 179. The van der Waals surface area contributed by atoms with E-state index in [0.29, 0.717) is 0 Å². The zero-order valence-electron chi connectivity index (χ0n) is 4.39. The van der Waals surface area contributed by atoms with E-state index < -0.39 is 16.6 Å². The molecule has 1 unspecified atom stereocenters. The van der Waals surface area contributed by atoms with Crippen LogP contribution in [0.4, 0.5) is 0 Å². The Morgan fingerprint density at radius 3 is 3.00 bits per heavy atom. The van der Waals surface area contributed by atoms with E-state index >= 15 is 0 Å². The Balaban J connectivity index is 2.28. The van der Waals surface area contributed by atoms with E-state index in [4.69, 9.17) is 12.0 Å². The molecule has 0 spiro atoms. The van der Waals surface area contributed by atoms with Crippen LogP contribution in [0.5, 0.6) is 0 Å². The summed E-state index contributed by atoms with van der Waals surface area (Å²) in [6.07, 6.45) is 0. The van der Waals surface area contributed by atoms with Crippen molar-refractivity contribution < 1.29 is 7.87 Å². The van der Waals surface area contributed by atoms with Crippen molar-refractivity contribution in [1.29, 1.82) is 0 Å². The van der Waals surface area contributed by atoms with E-state index in [1.165, 1.54) is 0 Å². The van der Waals surface area contributed by atoms with Crippen molar-refractivity contribution in [2.45, 2.75) is 6.04 Å². The molecule has 0 aromatic carbocycles. The molecule has 2 saturated heterocycles. The predicted octanol–water partition coefficient (Wildman–Crippen LogP) is -0.0774. The van der Waals surface area contributed by atoms with E-state index in [2.05, 4.69) is 3.54 Å². The molecule has 2 atom stereocenters. The van der Waals surface area contributed by atoms with Gasteiger partial charge in [-0.25, -0.2) is 0 Å². The first-order valence-corrected chi connectivity index (χ1v) is 13.2. The van der Waals surface area contributed by atoms with E-state index in [-0.39, 0.29) is 12.0 Å². The van der Waals surface area contributed by atoms with E-state index in [1.807, 2.05) is 0 Å². The van der Waals surface area contributed by atoms with Crippen molar-refractivity contribution in [3.8, 4) is 0 Å². The zero-order valence-corrected chi connectivity index (χ0v) is 8.81. The van der Waals surface area contributed by atoms with Crippen molar-refractivity contribution in [3.05, 3.63) is 0 Å². The SMILES string of the molecule is O=C1[O][Sn]2([Cl])[NH][C@H]1C[S]2. The quantitative estimate of drug-likeness (QED) is 0.626. The van der Waals surface area contributed by atoms with Gasteiger partial charge in [0, 0.05) is 0 Å². The third-order valence-corrected chi connectivity index (χ3v) is 14.9. The summed E-state index contributed by atoms with van der Waals surface area (Å²) >= 11 is -2.94. The van der Waals surface area contributed by atoms with Gasteiger partial charge in [0.25, 0.3) is 0 Å². The van der Waals surface area contributed by atoms with Gasteiger partial charge in [-0.3, -0.25) is 0 Å². The molecule has 2 aliphatic rings. The van der Waals surface area contributed by atoms with Gasteiger partial charge in [0.2, 0.25) is 0 Å². The molecule has 1 N–H and O–H groups in total. The monoisotopic (exact) mass is 273 g/mol. The van der Waals surface area contributed by atoms with Crippen LogP contribution in [0.15, 0.2) is 0 Å². The minimum atomic E-state index is -2.94. The van der Waals surface area contributed by atoms with Gasteiger partial charge in [-0.2, -0.15) is 0 Å². The van der Waals surface area contributed by atoms with E-state index in [1.54, 1.807) is 8.95 Å². The Labute approximate surface area is 63.4 Å². The van der Waals surface area contributed by atoms with E-state index in [0.717, 1.165) is 5.75 Å². The van der Waals surface area contributed by atoms with Crippen LogP contribution in [0.2, 0.25) is 0 Å². The number of nitrogens with one attached hydrogen (secondary N) is 1. The van der Waals surface area contributed by atoms with Crippen LogP contribution in [0.25, 0.3) is 0 Å². The molecule has 50 valence electrons. The maximum atomic E-state index is 10.7. The maximum absolute atomic E-state index is 10.7. The fourth-order valence-corrected chi connectivity index (χ4v) is 13.8. The Hall–Kier alpha value is 0.869. The second kappa shape index (κ2) is 1.93. The van der Waals surface area contributed by atoms with Crippen LogP contribution in [-0.4, -0.2) is 34.3 Å². The molecule has 6 heteroatoms. The number of carbonyl (C=O) groups is 1. The van der Waals surface area contributed by atoms with Gasteiger partial charge in [-0.05, 0) is 0 Å². The predicted molar refractivity (Wildman–Crippen MR) is 37.1 cm³/mol. The fourth-order valence-electron chi connectivity index (χ4n) is 0.868. The van der Waals surface area contributed by atoms with Crippen molar-refractivity contribution in [2.75, 3.05) is 5.75 Å². The van der Waals surface area contributed by atoms with Gasteiger partial charge in [0.05, 0.1) is 0 Å². The molecule has 0 aromatic rings. The number of rotatable bonds is 0. The zero-order chi connectivity index (χ0) is 6.48. The van der Waals surface area contributed by atoms with Gasteiger partial charge in [-0.1, -0.05) is 0 Å². The van der Waals surface area contributed by atoms with Crippen LogP contribution < -0.4 is 3.54 Å². The molecule has 0 aliphatic carbocycles. The molecule has 2 aliphatic heterocycles. The minimum absolute atomic E-state index is 0.0803. The summed E-state index contributed by atoms with van der Waals surface area (Å²) in [6.45, 7) is 0. The van der Waals surface area contributed by atoms with Crippen LogP contribution >= 0.6 is 17.9 Å². The van der Waals surface area contributed by atoms with E-state index in [9.17, 15) is 4.79 Å². The van der Waals surface area contributed by atoms with Crippen molar-refractivity contribution >= 4 is 40.4 Å². The average Bonchev–Trinajstić information content (AvgIpc) is 2.20. The molecule has 2 bridgehead atoms. The molecule has 2 heterocycles. The Morgan fingerprint density at radius 2 is 2.78 bits per heavy atom. The van der Waals surface area contributed by atoms with Gasteiger partial charge in [0.1, 0.15) is 0 Å². The van der Waals surface area contributed by atoms with Crippen LogP contribution in [0.3, 0.4) is 0 Å². The normalized spacial score (nSPS) is 47.7. The first kappa shape index (κ1) is 6.57. The third-order valence-electron chi connectivity index (χ3n) is 1.30. The topological polar surface area (TPSA) is 38.3 Å². The van der Waals surface area contributed by atoms with Crippen molar-refractivity contribution in [2.24, 2.45) is 0 Å². The first-order chi connectivity index (χ1) is 4.20. The van der Waals surface area contributed by atoms with Gasteiger partial charge in [-0.15, -0.1) is 0 Å². The average molecular weight is 272 g/mol. The molecule has 0 radical (unpaired) electrons. The summed E-state index contributed by atoms with van der Waals surface area (Å²) in [5, 5.41) is 0. The van der Waals surface area contributed by atoms with Crippen LogP contribution in [0, 0.1) is 0 Å². The standard InChI is InChI=1S/C3H6NO2S.ClH.Sn/c4-2(1-7)3(5)6;;/h2,4,7H,1H2,(H,5,6);1H;/q-1;;+4/p-3/t2-;;/m0../s1.